The van der Waals surface area contributed by atoms with Crippen LogP contribution in [0.2, 0.25) is 0 Å². The van der Waals surface area contributed by atoms with Crippen LogP contribution in [-0.2, 0) is 15.6 Å². The van der Waals surface area contributed by atoms with Crippen LogP contribution in [-0.4, -0.2) is 18.6 Å². The highest BCUT2D eigenvalue weighted by Crippen LogP contribution is 2.35. The standard InChI is InChI=1S/C19H25N3O3S/c1-15-7-9-17(10-8-15)11-14-26(23,24)22-19(12-5-3-4-6-13-19)18-20-16(2)25-21-18/h7-11,14,22H,3-6,12-13H2,1-2H3/b14-11+. The summed E-state index contributed by atoms with van der Waals surface area (Å²) in [4.78, 5) is 4.33. The molecule has 1 saturated carbocycles. The molecule has 7 heteroatoms. The molecule has 0 bridgehead atoms. The molecule has 140 valence electrons. The van der Waals surface area contributed by atoms with Crippen molar-refractivity contribution in [3.8, 4) is 0 Å². The van der Waals surface area contributed by atoms with Crippen LogP contribution < -0.4 is 4.72 Å². The second kappa shape index (κ2) is 7.72. The van der Waals surface area contributed by atoms with E-state index in [0.717, 1.165) is 36.8 Å². The molecule has 1 fully saturated rings. The first-order valence-corrected chi connectivity index (χ1v) is 10.5. The number of nitrogens with one attached hydrogen (secondary N) is 1. The Balaban J connectivity index is 1.86. The van der Waals surface area contributed by atoms with Crippen LogP contribution >= 0.6 is 0 Å². The number of hydrogen-bond acceptors (Lipinski definition) is 5. The summed E-state index contributed by atoms with van der Waals surface area (Å²) in [6.45, 7) is 3.71. The molecule has 0 saturated heterocycles. The Hall–Kier alpha value is -1.99. The van der Waals surface area contributed by atoms with E-state index in [1.807, 2.05) is 31.2 Å². The van der Waals surface area contributed by atoms with Gasteiger partial charge in [-0.25, -0.2) is 8.42 Å². The Bertz CT molecular complexity index is 862. The Labute approximate surface area is 154 Å². The Morgan fingerprint density at radius 2 is 1.73 bits per heavy atom. The highest BCUT2D eigenvalue weighted by molar-refractivity contribution is 7.92. The van der Waals surface area contributed by atoms with Crippen LogP contribution in [0.1, 0.15) is 61.4 Å². The van der Waals surface area contributed by atoms with E-state index in [2.05, 4.69) is 14.9 Å². The van der Waals surface area contributed by atoms with Crippen molar-refractivity contribution in [1.82, 2.24) is 14.9 Å². The molecule has 0 unspecified atom stereocenters. The Morgan fingerprint density at radius 3 is 2.31 bits per heavy atom. The van der Waals surface area contributed by atoms with Gasteiger partial charge >= 0.3 is 0 Å². The van der Waals surface area contributed by atoms with Crippen LogP contribution in [0.5, 0.6) is 0 Å². The minimum atomic E-state index is -3.66. The van der Waals surface area contributed by atoms with E-state index in [9.17, 15) is 8.42 Å². The molecule has 1 aromatic carbocycles. The van der Waals surface area contributed by atoms with E-state index >= 15 is 0 Å². The molecular formula is C19H25N3O3S. The van der Waals surface area contributed by atoms with Gasteiger partial charge in [-0.15, -0.1) is 0 Å². The van der Waals surface area contributed by atoms with Gasteiger partial charge in [0.05, 0.1) is 5.54 Å². The van der Waals surface area contributed by atoms with Crippen molar-refractivity contribution in [3.05, 3.63) is 52.5 Å². The summed E-state index contributed by atoms with van der Waals surface area (Å²) in [7, 11) is -3.66. The Kier molecular flexibility index (Phi) is 5.58. The van der Waals surface area contributed by atoms with Crippen molar-refractivity contribution in [1.29, 1.82) is 0 Å². The quantitative estimate of drug-likeness (QED) is 0.803. The summed E-state index contributed by atoms with van der Waals surface area (Å²) in [5.74, 6) is 0.877. The topological polar surface area (TPSA) is 85.1 Å². The second-order valence-electron chi connectivity index (χ2n) is 6.99. The molecule has 0 atom stereocenters. The van der Waals surface area contributed by atoms with Gasteiger partial charge in [-0.2, -0.15) is 9.71 Å². The SMILES string of the molecule is Cc1ccc(/C=C/S(=O)(=O)NC2(c3noc(C)n3)CCCCCC2)cc1. The number of aryl methyl sites for hydroxylation is 2. The molecule has 0 amide bonds. The van der Waals surface area contributed by atoms with Crippen LogP contribution in [0.15, 0.2) is 34.2 Å². The molecule has 1 aliphatic rings. The number of benzene rings is 1. The fourth-order valence-electron chi connectivity index (χ4n) is 3.35. The fraction of sp³-hybridized carbons (Fsp3) is 0.474. The molecule has 0 spiro atoms. The fourth-order valence-corrected chi connectivity index (χ4v) is 4.59. The first kappa shape index (κ1) is 18.8. The lowest BCUT2D eigenvalue weighted by Gasteiger charge is -2.29. The smallest absolute Gasteiger partial charge is 0.234 e. The van der Waals surface area contributed by atoms with E-state index in [-0.39, 0.29) is 0 Å². The van der Waals surface area contributed by atoms with E-state index in [1.165, 1.54) is 5.41 Å². The number of nitrogens with zero attached hydrogens (tertiary/aromatic N) is 2. The van der Waals surface area contributed by atoms with Gasteiger partial charge in [-0.3, -0.25) is 0 Å². The lowest BCUT2D eigenvalue weighted by atomic mass is 9.91. The minimum Gasteiger partial charge on any atom is -0.340 e. The number of aromatic nitrogens is 2. The maximum absolute atomic E-state index is 12.8. The van der Waals surface area contributed by atoms with Crippen molar-refractivity contribution >= 4 is 16.1 Å². The highest BCUT2D eigenvalue weighted by Gasteiger charge is 2.40. The number of sulfonamides is 1. The molecule has 1 aromatic heterocycles. The number of rotatable bonds is 5. The van der Waals surface area contributed by atoms with Gasteiger partial charge < -0.3 is 4.52 Å². The Morgan fingerprint density at radius 1 is 1.08 bits per heavy atom. The van der Waals surface area contributed by atoms with E-state index in [1.54, 1.807) is 13.0 Å². The largest absolute Gasteiger partial charge is 0.340 e. The average molecular weight is 375 g/mol. The van der Waals surface area contributed by atoms with E-state index < -0.39 is 15.6 Å². The summed E-state index contributed by atoms with van der Waals surface area (Å²) in [5.41, 5.74) is 1.17. The molecule has 0 aliphatic heterocycles. The zero-order valence-electron chi connectivity index (χ0n) is 15.2. The van der Waals surface area contributed by atoms with Crippen LogP contribution in [0.25, 0.3) is 6.08 Å². The summed E-state index contributed by atoms with van der Waals surface area (Å²) >= 11 is 0. The van der Waals surface area contributed by atoms with Gasteiger partial charge in [0.15, 0.2) is 5.82 Å². The third-order valence-electron chi connectivity index (χ3n) is 4.77. The molecular weight excluding hydrogens is 350 g/mol. The van der Waals surface area contributed by atoms with Gasteiger partial charge in [-0.1, -0.05) is 60.7 Å². The predicted octanol–water partition coefficient (Wildman–Crippen LogP) is 3.83. The zero-order chi connectivity index (χ0) is 18.6. The number of hydrogen-bond donors (Lipinski definition) is 1. The summed E-state index contributed by atoms with van der Waals surface area (Å²) in [6, 6.07) is 7.69. The maximum atomic E-state index is 12.8. The monoisotopic (exact) mass is 375 g/mol. The summed E-state index contributed by atoms with van der Waals surface area (Å²) in [5, 5.41) is 5.25. The predicted molar refractivity (Wildman–Crippen MR) is 101 cm³/mol. The lowest BCUT2D eigenvalue weighted by Crippen LogP contribution is -2.45. The maximum Gasteiger partial charge on any atom is 0.234 e. The molecule has 3 rings (SSSR count). The van der Waals surface area contributed by atoms with Gasteiger partial charge in [0.25, 0.3) is 0 Å². The zero-order valence-corrected chi connectivity index (χ0v) is 16.1. The van der Waals surface area contributed by atoms with E-state index in [4.69, 9.17) is 4.52 Å². The molecule has 26 heavy (non-hydrogen) atoms. The van der Waals surface area contributed by atoms with Gasteiger partial charge in [0.2, 0.25) is 15.9 Å². The third kappa shape index (κ3) is 4.59. The van der Waals surface area contributed by atoms with Gasteiger partial charge in [-0.05, 0) is 31.4 Å². The van der Waals surface area contributed by atoms with Crippen LogP contribution in [0.4, 0.5) is 0 Å². The molecule has 1 heterocycles. The lowest BCUT2D eigenvalue weighted by molar-refractivity contribution is 0.302. The second-order valence-corrected chi connectivity index (χ2v) is 8.56. The van der Waals surface area contributed by atoms with E-state index in [0.29, 0.717) is 24.6 Å². The third-order valence-corrected chi connectivity index (χ3v) is 5.94. The van der Waals surface area contributed by atoms with Crippen LogP contribution in [0.3, 0.4) is 0 Å². The average Bonchev–Trinajstić information content (AvgIpc) is 2.91. The van der Waals surface area contributed by atoms with Crippen molar-refractivity contribution in [3.63, 3.8) is 0 Å². The van der Waals surface area contributed by atoms with Crippen molar-refractivity contribution in [2.24, 2.45) is 0 Å². The molecule has 0 radical (unpaired) electrons. The van der Waals surface area contributed by atoms with Gasteiger partial charge in [0.1, 0.15) is 0 Å². The van der Waals surface area contributed by atoms with Crippen molar-refractivity contribution in [2.75, 3.05) is 0 Å². The molecule has 1 N–H and O–H groups in total. The van der Waals surface area contributed by atoms with Crippen LogP contribution in [0, 0.1) is 13.8 Å². The highest BCUT2D eigenvalue weighted by atomic mass is 32.2. The first-order valence-electron chi connectivity index (χ1n) is 8.98. The molecule has 6 nitrogen and oxygen atoms in total. The first-order chi connectivity index (χ1) is 12.4. The minimum absolute atomic E-state index is 0.434. The van der Waals surface area contributed by atoms with Gasteiger partial charge in [0, 0.05) is 12.3 Å². The summed E-state index contributed by atoms with van der Waals surface area (Å²) in [6.07, 6.45) is 6.97. The molecule has 2 aromatic rings. The van der Waals surface area contributed by atoms with Crippen molar-refractivity contribution in [2.45, 2.75) is 57.9 Å². The summed E-state index contributed by atoms with van der Waals surface area (Å²) < 4.78 is 33.5. The molecule has 1 aliphatic carbocycles. The van der Waals surface area contributed by atoms with Crippen molar-refractivity contribution < 1.29 is 12.9 Å². The normalized spacial score (nSPS) is 18.1.